The molecule has 8 aromatic carbocycles. The molecule has 2 aliphatic rings. The summed E-state index contributed by atoms with van der Waals surface area (Å²) in [5.74, 6) is 2.73. The third-order valence-corrected chi connectivity index (χ3v) is 11.9. The lowest BCUT2D eigenvalue weighted by molar-refractivity contribution is 0.769. The largest absolute Gasteiger partial charge is 0.291 e. The van der Waals surface area contributed by atoms with Crippen LogP contribution in [0, 0.1) is 0 Å². The average molecular weight is 740 g/mol. The van der Waals surface area contributed by atoms with Gasteiger partial charge in [0.1, 0.15) is 5.82 Å². The molecule has 0 unspecified atom stereocenters. The maximum absolute atomic E-state index is 5.50. The first-order valence-corrected chi connectivity index (χ1v) is 19.7. The van der Waals surface area contributed by atoms with E-state index in [0.29, 0.717) is 17.5 Å². The van der Waals surface area contributed by atoms with E-state index in [4.69, 9.17) is 19.9 Å². The molecule has 0 amide bonds. The van der Waals surface area contributed by atoms with Crippen LogP contribution in [0.4, 0.5) is 0 Å². The van der Waals surface area contributed by atoms with Gasteiger partial charge in [-0.3, -0.25) is 4.57 Å². The topological polar surface area (TPSA) is 56.5 Å². The van der Waals surface area contributed by atoms with Crippen LogP contribution in [-0.2, 0) is 5.41 Å². The van der Waals surface area contributed by atoms with Gasteiger partial charge in [0, 0.05) is 33.4 Å². The van der Waals surface area contributed by atoms with E-state index in [-0.39, 0.29) is 0 Å². The summed E-state index contributed by atoms with van der Waals surface area (Å²) >= 11 is 0. The second-order valence-corrected chi connectivity index (χ2v) is 15.0. The summed E-state index contributed by atoms with van der Waals surface area (Å²) in [6.45, 7) is 0. The van der Waals surface area contributed by atoms with Crippen molar-refractivity contribution in [2.75, 3.05) is 0 Å². The Labute approximate surface area is 335 Å². The Kier molecular flexibility index (Phi) is 7.07. The molecular formula is C53H33N5. The van der Waals surface area contributed by atoms with Gasteiger partial charge in [-0.2, -0.15) is 0 Å². The van der Waals surface area contributed by atoms with Gasteiger partial charge in [-0.1, -0.05) is 182 Å². The molecule has 270 valence electrons. The number of aromatic nitrogens is 5. The molecule has 10 aromatic rings. The molecule has 1 aliphatic carbocycles. The van der Waals surface area contributed by atoms with E-state index in [2.05, 4.69) is 144 Å². The lowest BCUT2D eigenvalue weighted by atomic mass is 9.67. The van der Waals surface area contributed by atoms with Crippen molar-refractivity contribution in [1.82, 2.24) is 24.5 Å². The van der Waals surface area contributed by atoms with Gasteiger partial charge in [-0.05, 0) is 51.6 Å². The molecule has 0 saturated heterocycles. The van der Waals surface area contributed by atoms with Crippen molar-refractivity contribution < 1.29 is 0 Å². The Morgan fingerprint density at radius 3 is 1.52 bits per heavy atom. The fourth-order valence-electron chi connectivity index (χ4n) is 9.46. The highest BCUT2D eigenvalue weighted by Crippen LogP contribution is 2.61. The summed E-state index contributed by atoms with van der Waals surface area (Å²) in [6.07, 6.45) is 0. The number of benzene rings is 8. The van der Waals surface area contributed by atoms with Crippen LogP contribution in [-0.4, -0.2) is 24.5 Å². The van der Waals surface area contributed by atoms with Gasteiger partial charge >= 0.3 is 0 Å². The first-order valence-electron chi connectivity index (χ1n) is 19.7. The Morgan fingerprint density at radius 2 is 0.862 bits per heavy atom. The lowest BCUT2D eigenvalue weighted by Crippen LogP contribution is -2.28. The van der Waals surface area contributed by atoms with Crippen molar-refractivity contribution in [3.63, 3.8) is 0 Å². The molecule has 0 N–H and O–H groups in total. The third-order valence-electron chi connectivity index (χ3n) is 11.9. The van der Waals surface area contributed by atoms with E-state index in [0.717, 1.165) is 44.8 Å². The quantitative estimate of drug-likeness (QED) is 0.170. The van der Waals surface area contributed by atoms with Crippen LogP contribution >= 0.6 is 0 Å². The number of nitrogens with zero attached hydrogens (tertiary/aromatic N) is 5. The van der Waals surface area contributed by atoms with Crippen molar-refractivity contribution in [2.24, 2.45) is 0 Å². The van der Waals surface area contributed by atoms with Gasteiger partial charge in [0.25, 0.3) is 0 Å². The molecule has 0 fully saturated rings. The van der Waals surface area contributed by atoms with Crippen molar-refractivity contribution in [2.45, 2.75) is 5.41 Å². The molecule has 2 aromatic heterocycles. The summed E-state index contributed by atoms with van der Waals surface area (Å²) in [5.41, 5.74) is 16.3. The number of hydrogen-bond donors (Lipinski definition) is 0. The SMILES string of the molecule is c1ccc(-c2nc(-c3ccccc3)nc(-c3cccc(-c4nc5ccc6c7c5n4-c4ccccc4-c4cccc(c4-7)C6(c4ccccc4)c4ccccc4)c3)n2)cc1. The van der Waals surface area contributed by atoms with E-state index in [1.165, 1.54) is 44.5 Å². The van der Waals surface area contributed by atoms with E-state index in [1.807, 2.05) is 60.7 Å². The summed E-state index contributed by atoms with van der Waals surface area (Å²) in [6, 6.07) is 70.9. The van der Waals surface area contributed by atoms with E-state index in [1.54, 1.807) is 0 Å². The predicted molar refractivity (Wildman–Crippen MR) is 232 cm³/mol. The highest BCUT2D eigenvalue weighted by Gasteiger charge is 2.49. The lowest BCUT2D eigenvalue weighted by Gasteiger charge is -2.34. The normalized spacial score (nSPS) is 13.0. The number of para-hydroxylation sites is 1. The maximum Gasteiger partial charge on any atom is 0.164 e. The Hall–Kier alpha value is -7.76. The van der Waals surface area contributed by atoms with Crippen molar-refractivity contribution in [3.05, 3.63) is 222 Å². The first-order chi connectivity index (χ1) is 28.8. The summed E-state index contributed by atoms with van der Waals surface area (Å²) < 4.78 is 2.40. The van der Waals surface area contributed by atoms with Crippen LogP contribution in [0.5, 0.6) is 0 Å². The smallest absolute Gasteiger partial charge is 0.164 e. The van der Waals surface area contributed by atoms with Crippen LogP contribution in [0.25, 0.3) is 84.5 Å². The Balaban J connectivity index is 1.13. The molecule has 12 rings (SSSR count). The molecule has 0 bridgehead atoms. The number of fused-ring (bicyclic) bond motifs is 3. The number of rotatable bonds is 6. The maximum atomic E-state index is 5.50. The molecule has 5 nitrogen and oxygen atoms in total. The molecule has 58 heavy (non-hydrogen) atoms. The van der Waals surface area contributed by atoms with Crippen molar-refractivity contribution in [1.29, 1.82) is 0 Å². The molecule has 1 aliphatic heterocycles. The highest BCUT2D eigenvalue weighted by molar-refractivity contribution is 6.10. The van der Waals surface area contributed by atoms with E-state index >= 15 is 0 Å². The Bertz CT molecular complexity index is 3110. The van der Waals surface area contributed by atoms with Crippen molar-refractivity contribution >= 4 is 11.0 Å². The predicted octanol–water partition coefficient (Wildman–Crippen LogP) is 12.2. The van der Waals surface area contributed by atoms with Gasteiger partial charge in [-0.25, -0.2) is 19.9 Å². The van der Waals surface area contributed by atoms with Crippen LogP contribution < -0.4 is 0 Å². The Morgan fingerprint density at radius 1 is 0.362 bits per heavy atom. The molecule has 5 heteroatoms. The standard InChI is InChI=1S/C53H33N5/c1-5-17-34(18-6-1)49-55-50(35-19-7-2-8-20-35)57-51(56-49)36-21-15-22-37(33-36)52-54-44-32-31-43-47-46-41(40-27-13-14-30-45(40)58(52)48(44)47)28-16-29-42(46)53(43,38-23-9-3-10-24-38)39-25-11-4-12-26-39/h1-33H. The van der Waals surface area contributed by atoms with Crippen LogP contribution in [0.15, 0.2) is 200 Å². The second kappa shape index (κ2) is 12.6. The van der Waals surface area contributed by atoms with Gasteiger partial charge in [0.2, 0.25) is 0 Å². The molecular weight excluding hydrogens is 707 g/mol. The fourth-order valence-corrected chi connectivity index (χ4v) is 9.46. The number of hydrogen-bond acceptors (Lipinski definition) is 4. The molecule has 0 saturated carbocycles. The van der Waals surface area contributed by atoms with Crippen molar-refractivity contribution in [3.8, 4) is 73.5 Å². The number of imidazole rings is 1. The van der Waals surface area contributed by atoms with Gasteiger partial charge < -0.3 is 0 Å². The van der Waals surface area contributed by atoms with Crippen LogP contribution in [0.1, 0.15) is 22.3 Å². The van der Waals surface area contributed by atoms with E-state index in [9.17, 15) is 0 Å². The molecule has 0 radical (unpaired) electrons. The molecule has 0 spiro atoms. The van der Waals surface area contributed by atoms with Gasteiger partial charge in [-0.15, -0.1) is 0 Å². The zero-order valence-corrected chi connectivity index (χ0v) is 31.3. The average Bonchev–Trinajstić information content (AvgIpc) is 3.80. The monoisotopic (exact) mass is 739 g/mol. The van der Waals surface area contributed by atoms with E-state index < -0.39 is 5.41 Å². The molecule has 3 heterocycles. The minimum atomic E-state index is -0.523. The zero-order valence-electron chi connectivity index (χ0n) is 31.3. The summed E-state index contributed by atoms with van der Waals surface area (Å²) in [7, 11) is 0. The second-order valence-electron chi connectivity index (χ2n) is 15.0. The highest BCUT2D eigenvalue weighted by atomic mass is 15.1. The van der Waals surface area contributed by atoms with Crippen LogP contribution in [0.2, 0.25) is 0 Å². The minimum Gasteiger partial charge on any atom is -0.291 e. The fraction of sp³-hybridized carbons (Fsp3) is 0.0189. The third kappa shape index (κ3) is 4.64. The summed E-state index contributed by atoms with van der Waals surface area (Å²) in [4.78, 5) is 20.6. The molecule has 0 atom stereocenters. The zero-order chi connectivity index (χ0) is 38.2. The van der Waals surface area contributed by atoms with Gasteiger partial charge in [0.15, 0.2) is 17.5 Å². The first kappa shape index (κ1) is 32.5. The van der Waals surface area contributed by atoms with Gasteiger partial charge in [0.05, 0.1) is 22.1 Å². The van der Waals surface area contributed by atoms with Crippen LogP contribution in [0.3, 0.4) is 0 Å². The summed E-state index contributed by atoms with van der Waals surface area (Å²) in [5, 5.41) is 0. The minimum absolute atomic E-state index is 0.523.